The molecule has 4 atom stereocenters. The Balaban J connectivity index is 1.80. The van der Waals surface area contributed by atoms with Gasteiger partial charge in [0.2, 0.25) is 0 Å². The summed E-state index contributed by atoms with van der Waals surface area (Å²) in [7, 11) is 7.37. The third kappa shape index (κ3) is 13.1. The lowest BCUT2D eigenvalue weighted by Gasteiger charge is -2.38. The van der Waals surface area contributed by atoms with E-state index >= 15 is 0 Å². The first-order valence-electron chi connectivity index (χ1n) is 16.6. The molecular formula is C37H73N3+2. The second-order valence-corrected chi connectivity index (χ2v) is 19.6. The molecule has 40 heavy (non-hydrogen) atoms. The van der Waals surface area contributed by atoms with Crippen LogP contribution in [0, 0.1) is 33.5 Å². The van der Waals surface area contributed by atoms with E-state index in [0.29, 0.717) is 21.7 Å². The fourth-order valence-corrected chi connectivity index (χ4v) is 9.71. The Hall–Kier alpha value is -0.640. The summed E-state index contributed by atoms with van der Waals surface area (Å²) in [4.78, 5) is 2.65. The summed E-state index contributed by atoms with van der Waals surface area (Å²) in [6, 6.07) is 0. The highest BCUT2D eigenvalue weighted by atomic mass is 15.5. The standard InChI is InChI=1S/C37H73N3/c1-30(22-36(9,10)26-34(3,4)5)20-32-16-18-39(14,24-32)28-38(13)29-40(15)19-17-33(25-40)21-31(2)23-37(11,12)27-35(6,7)8/h32-33H,1-2,16-29H2,3-15H3/q+2. The first-order valence-corrected chi connectivity index (χ1v) is 16.6. The van der Waals surface area contributed by atoms with Crippen LogP contribution in [-0.4, -0.2) is 74.5 Å². The molecule has 2 fully saturated rings. The average Bonchev–Trinajstić information content (AvgIpc) is 3.17. The van der Waals surface area contributed by atoms with Crippen LogP contribution in [-0.2, 0) is 0 Å². The number of hydrogen-bond donors (Lipinski definition) is 0. The summed E-state index contributed by atoms with van der Waals surface area (Å²) in [6.45, 7) is 40.6. The van der Waals surface area contributed by atoms with Crippen molar-refractivity contribution in [2.75, 3.05) is 60.7 Å². The van der Waals surface area contributed by atoms with Crippen molar-refractivity contribution in [1.29, 1.82) is 0 Å². The molecule has 0 aromatic carbocycles. The second kappa shape index (κ2) is 12.9. The predicted molar refractivity (Wildman–Crippen MR) is 178 cm³/mol. The highest BCUT2D eigenvalue weighted by Crippen LogP contribution is 2.41. The number of hydrogen-bond acceptors (Lipinski definition) is 1. The van der Waals surface area contributed by atoms with Gasteiger partial charge in [0.1, 0.15) is 13.3 Å². The maximum absolute atomic E-state index is 4.56. The SMILES string of the molecule is C=C(CC1CC[N+](C)(CN(C)C[N+]2(C)CCC(CC(=C)CC(C)(C)CC(C)(C)C)C2)C1)CC(C)(C)CC(C)(C)C. The normalized spacial score (nSPS) is 28.4. The van der Waals surface area contributed by atoms with Gasteiger partial charge in [-0.1, -0.05) is 93.5 Å². The topological polar surface area (TPSA) is 3.24 Å². The van der Waals surface area contributed by atoms with E-state index in [4.69, 9.17) is 0 Å². The number of allylic oxidation sites excluding steroid dienone is 2. The lowest BCUT2D eigenvalue weighted by Crippen LogP contribution is -2.55. The van der Waals surface area contributed by atoms with E-state index in [0.717, 1.165) is 11.8 Å². The van der Waals surface area contributed by atoms with Crippen LogP contribution in [0.15, 0.2) is 24.3 Å². The molecule has 0 bridgehead atoms. The quantitative estimate of drug-likeness (QED) is 0.151. The number of nitrogens with zero attached hydrogens (tertiary/aromatic N) is 3. The fraction of sp³-hybridized carbons (Fsp3) is 0.892. The Labute approximate surface area is 252 Å². The summed E-state index contributed by atoms with van der Waals surface area (Å²) in [5, 5.41) is 0. The molecule has 2 aliphatic heterocycles. The molecular weight excluding hydrogens is 486 g/mol. The molecule has 2 heterocycles. The molecule has 0 spiro atoms. The van der Waals surface area contributed by atoms with E-state index in [-0.39, 0.29) is 0 Å². The molecule has 3 nitrogen and oxygen atoms in total. The van der Waals surface area contributed by atoms with Crippen LogP contribution in [0.5, 0.6) is 0 Å². The van der Waals surface area contributed by atoms with Crippen LogP contribution in [0.1, 0.15) is 121 Å². The van der Waals surface area contributed by atoms with Crippen molar-refractivity contribution in [1.82, 2.24) is 4.90 Å². The van der Waals surface area contributed by atoms with Crippen LogP contribution in [0.3, 0.4) is 0 Å². The Bertz CT molecular complexity index is 784. The van der Waals surface area contributed by atoms with Gasteiger partial charge in [0.25, 0.3) is 0 Å². The van der Waals surface area contributed by atoms with Crippen molar-refractivity contribution >= 4 is 0 Å². The highest BCUT2D eigenvalue weighted by Gasteiger charge is 2.40. The van der Waals surface area contributed by atoms with Gasteiger partial charge in [0, 0.05) is 24.7 Å². The molecule has 2 saturated heterocycles. The van der Waals surface area contributed by atoms with Crippen molar-refractivity contribution in [2.24, 2.45) is 33.5 Å². The average molecular weight is 560 g/mol. The fourth-order valence-electron chi connectivity index (χ4n) is 9.71. The lowest BCUT2D eigenvalue weighted by molar-refractivity contribution is -0.935. The molecule has 0 saturated carbocycles. The summed E-state index contributed by atoms with van der Waals surface area (Å²) < 4.78 is 2.39. The van der Waals surface area contributed by atoms with Crippen LogP contribution < -0.4 is 0 Å². The van der Waals surface area contributed by atoms with Gasteiger partial charge in [-0.2, -0.15) is 0 Å². The molecule has 234 valence electrons. The van der Waals surface area contributed by atoms with Gasteiger partial charge in [-0.15, -0.1) is 0 Å². The zero-order valence-electron chi connectivity index (χ0n) is 29.8. The van der Waals surface area contributed by atoms with E-state index in [9.17, 15) is 0 Å². The summed E-state index contributed by atoms with van der Waals surface area (Å²) in [5.41, 5.74) is 4.39. The second-order valence-electron chi connectivity index (χ2n) is 19.6. The summed E-state index contributed by atoms with van der Waals surface area (Å²) in [6.07, 6.45) is 9.99. The number of quaternary nitrogens is 2. The Morgan fingerprint density at radius 3 is 1.27 bits per heavy atom. The Morgan fingerprint density at radius 2 is 0.975 bits per heavy atom. The maximum Gasteiger partial charge on any atom is 0.138 e. The van der Waals surface area contributed by atoms with Gasteiger partial charge in [0.15, 0.2) is 0 Å². The smallest absolute Gasteiger partial charge is 0.138 e. The summed E-state index contributed by atoms with van der Waals surface area (Å²) >= 11 is 0. The number of likely N-dealkylation sites (tertiary alicyclic amines) is 2. The Morgan fingerprint density at radius 1 is 0.650 bits per heavy atom. The van der Waals surface area contributed by atoms with E-state index in [1.165, 1.54) is 111 Å². The maximum atomic E-state index is 4.56. The highest BCUT2D eigenvalue weighted by molar-refractivity contribution is 5.02. The zero-order valence-corrected chi connectivity index (χ0v) is 29.8. The van der Waals surface area contributed by atoms with Gasteiger partial charge >= 0.3 is 0 Å². The molecule has 0 radical (unpaired) electrons. The van der Waals surface area contributed by atoms with E-state index < -0.39 is 0 Å². The zero-order chi connectivity index (χ0) is 30.8. The van der Waals surface area contributed by atoms with Crippen LogP contribution in [0.4, 0.5) is 0 Å². The third-order valence-corrected chi connectivity index (χ3v) is 9.35. The van der Waals surface area contributed by atoms with Crippen molar-refractivity contribution in [3.63, 3.8) is 0 Å². The van der Waals surface area contributed by atoms with Gasteiger partial charge in [-0.05, 0) is 67.2 Å². The van der Waals surface area contributed by atoms with E-state index in [1.54, 1.807) is 0 Å². The molecule has 0 amide bonds. The van der Waals surface area contributed by atoms with Crippen molar-refractivity contribution < 1.29 is 8.97 Å². The minimum absolute atomic E-state index is 0.341. The van der Waals surface area contributed by atoms with Crippen molar-refractivity contribution in [3.05, 3.63) is 24.3 Å². The Kier molecular flexibility index (Phi) is 11.5. The molecule has 0 aliphatic carbocycles. The third-order valence-electron chi connectivity index (χ3n) is 9.35. The van der Waals surface area contributed by atoms with Crippen LogP contribution >= 0.6 is 0 Å². The molecule has 2 aliphatic rings. The van der Waals surface area contributed by atoms with Gasteiger partial charge < -0.3 is 8.97 Å². The van der Waals surface area contributed by atoms with Gasteiger partial charge in [-0.25, -0.2) is 4.90 Å². The van der Waals surface area contributed by atoms with Crippen LogP contribution in [0.25, 0.3) is 0 Å². The monoisotopic (exact) mass is 560 g/mol. The summed E-state index contributed by atoms with van der Waals surface area (Å²) in [5.74, 6) is 1.59. The van der Waals surface area contributed by atoms with E-state index in [1.807, 2.05) is 0 Å². The first kappa shape index (κ1) is 35.6. The van der Waals surface area contributed by atoms with Gasteiger partial charge in [-0.3, -0.25) is 0 Å². The molecule has 0 aromatic rings. The molecule has 2 rings (SSSR count). The molecule has 4 unspecified atom stereocenters. The van der Waals surface area contributed by atoms with Crippen molar-refractivity contribution in [2.45, 2.75) is 121 Å². The van der Waals surface area contributed by atoms with Crippen LogP contribution in [0.2, 0.25) is 0 Å². The largest absolute Gasteiger partial charge is 0.313 e. The minimum Gasteiger partial charge on any atom is -0.313 e. The predicted octanol–water partition coefficient (Wildman–Crippen LogP) is 9.36. The molecule has 3 heteroatoms. The lowest BCUT2D eigenvalue weighted by atomic mass is 9.72. The number of rotatable bonds is 14. The van der Waals surface area contributed by atoms with Crippen molar-refractivity contribution in [3.8, 4) is 0 Å². The minimum atomic E-state index is 0.341. The molecule has 0 aromatic heterocycles. The molecule has 0 N–H and O–H groups in total. The van der Waals surface area contributed by atoms with E-state index in [2.05, 4.69) is 108 Å². The van der Waals surface area contributed by atoms with Gasteiger partial charge in [0.05, 0.1) is 40.3 Å². The first-order chi connectivity index (χ1) is 17.9.